The normalized spacial score (nSPS) is 12.1. The maximum atomic E-state index is 12.3. The number of amides is 1. The molecule has 0 spiro atoms. The van der Waals surface area contributed by atoms with Crippen molar-refractivity contribution in [2.24, 2.45) is 0 Å². The van der Waals surface area contributed by atoms with Crippen molar-refractivity contribution in [2.75, 3.05) is 19.2 Å². The van der Waals surface area contributed by atoms with Crippen LogP contribution in [-0.2, 0) is 11.4 Å². The molecule has 158 valence electrons. The molecule has 1 aliphatic heterocycles. The molecule has 0 fully saturated rings. The van der Waals surface area contributed by atoms with Gasteiger partial charge in [-0.25, -0.2) is 0 Å². The lowest BCUT2D eigenvalue weighted by molar-refractivity contribution is -0.111. The van der Waals surface area contributed by atoms with Gasteiger partial charge >= 0.3 is 0 Å². The zero-order chi connectivity index (χ0) is 21.6. The molecule has 1 amide bonds. The van der Waals surface area contributed by atoms with Crippen molar-refractivity contribution < 1.29 is 23.7 Å². The molecule has 0 bridgehead atoms. The van der Waals surface area contributed by atoms with Gasteiger partial charge < -0.3 is 24.3 Å². The molecule has 3 aromatic rings. The number of hydrogen-bond donors (Lipinski definition) is 1. The molecule has 6 nitrogen and oxygen atoms in total. The smallest absolute Gasteiger partial charge is 0.248 e. The van der Waals surface area contributed by atoms with E-state index >= 15 is 0 Å². The Morgan fingerprint density at radius 3 is 2.65 bits per heavy atom. The van der Waals surface area contributed by atoms with Crippen LogP contribution in [0.4, 0.5) is 5.69 Å². The molecule has 7 heteroatoms. The van der Waals surface area contributed by atoms with Crippen LogP contribution in [0.1, 0.15) is 11.1 Å². The van der Waals surface area contributed by atoms with Crippen LogP contribution < -0.4 is 24.3 Å². The fraction of sp³-hybridized carbons (Fsp3) is 0.125. The summed E-state index contributed by atoms with van der Waals surface area (Å²) in [6.45, 7) is 0.578. The van der Waals surface area contributed by atoms with Gasteiger partial charge in [0.15, 0.2) is 23.0 Å². The number of methoxy groups -OCH3 is 1. The van der Waals surface area contributed by atoms with Gasteiger partial charge in [0, 0.05) is 22.9 Å². The van der Waals surface area contributed by atoms with Gasteiger partial charge in [0.1, 0.15) is 6.61 Å². The molecular weight excluding hydrogens is 418 g/mol. The average molecular weight is 438 g/mol. The second-order valence-electron chi connectivity index (χ2n) is 6.72. The lowest BCUT2D eigenvalue weighted by Crippen LogP contribution is -2.07. The average Bonchev–Trinajstić information content (AvgIpc) is 3.25. The highest BCUT2D eigenvalue weighted by atomic mass is 35.5. The minimum Gasteiger partial charge on any atom is -0.493 e. The Balaban J connectivity index is 1.38. The standard InChI is InChI=1S/C24H20ClNO5/c1-28-22-12-16(4-9-20(22)29-14-17-2-6-18(25)7-3-17)5-11-24(27)26-19-8-10-21-23(13-19)31-15-30-21/h2-13H,14-15H2,1H3,(H,26,27). The molecular formula is C24H20ClNO5. The van der Waals surface area contributed by atoms with E-state index in [1.807, 2.05) is 42.5 Å². The second-order valence-corrected chi connectivity index (χ2v) is 7.15. The van der Waals surface area contributed by atoms with Gasteiger partial charge in [-0.05, 0) is 53.6 Å². The van der Waals surface area contributed by atoms with Gasteiger partial charge in [-0.1, -0.05) is 29.8 Å². The van der Waals surface area contributed by atoms with Crippen LogP contribution in [0.15, 0.2) is 66.7 Å². The predicted molar refractivity (Wildman–Crippen MR) is 119 cm³/mol. The van der Waals surface area contributed by atoms with E-state index in [1.54, 1.807) is 31.4 Å². The topological polar surface area (TPSA) is 66.0 Å². The number of carbonyl (C=O) groups is 1. The highest BCUT2D eigenvalue weighted by Gasteiger charge is 2.13. The van der Waals surface area contributed by atoms with Gasteiger partial charge in [0.2, 0.25) is 12.7 Å². The Morgan fingerprint density at radius 1 is 1.03 bits per heavy atom. The maximum absolute atomic E-state index is 12.3. The number of hydrogen-bond acceptors (Lipinski definition) is 5. The molecule has 4 rings (SSSR count). The van der Waals surface area contributed by atoms with E-state index in [1.165, 1.54) is 6.08 Å². The van der Waals surface area contributed by atoms with Crippen molar-refractivity contribution >= 4 is 29.3 Å². The summed E-state index contributed by atoms with van der Waals surface area (Å²) >= 11 is 5.91. The van der Waals surface area contributed by atoms with Crippen molar-refractivity contribution in [2.45, 2.75) is 6.61 Å². The number of nitrogens with one attached hydrogen (secondary N) is 1. The van der Waals surface area contributed by atoms with Crippen molar-refractivity contribution in [3.05, 3.63) is 82.9 Å². The van der Waals surface area contributed by atoms with Crippen LogP contribution >= 0.6 is 11.6 Å². The van der Waals surface area contributed by atoms with Crippen molar-refractivity contribution in [3.8, 4) is 23.0 Å². The van der Waals surface area contributed by atoms with Crippen molar-refractivity contribution in [1.29, 1.82) is 0 Å². The lowest BCUT2D eigenvalue weighted by atomic mass is 10.2. The molecule has 0 atom stereocenters. The highest BCUT2D eigenvalue weighted by Crippen LogP contribution is 2.34. The molecule has 1 heterocycles. The van der Waals surface area contributed by atoms with E-state index in [0.29, 0.717) is 40.3 Å². The molecule has 0 saturated heterocycles. The van der Waals surface area contributed by atoms with E-state index in [0.717, 1.165) is 11.1 Å². The Kier molecular flexibility index (Phi) is 6.29. The third kappa shape index (κ3) is 5.29. The van der Waals surface area contributed by atoms with E-state index in [9.17, 15) is 4.79 Å². The number of carbonyl (C=O) groups excluding carboxylic acids is 1. The van der Waals surface area contributed by atoms with Crippen LogP contribution in [0, 0.1) is 0 Å². The Hall–Kier alpha value is -3.64. The number of ether oxygens (including phenoxy) is 4. The van der Waals surface area contributed by atoms with Crippen molar-refractivity contribution in [3.63, 3.8) is 0 Å². The van der Waals surface area contributed by atoms with E-state index < -0.39 is 0 Å². The first kappa shape index (κ1) is 20.6. The quantitative estimate of drug-likeness (QED) is 0.507. The maximum Gasteiger partial charge on any atom is 0.248 e. The van der Waals surface area contributed by atoms with E-state index in [4.69, 9.17) is 30.5 Å². The summed E-state index contributed by atoms with van der Waals surface area (Å²) in [5.41, 5.74) is 2.43. The second kappa shape index (κ2) is 9.45. The van der Waals surface area contributed by atoms with E-state index in [-0.39, 0.29) is 12.7 Å². The van der Waals surface area contributed by atoms with Crippen LogP contribution in [0.25, 0.3) is 6.08 Å². The van der Waals surface area contributed by atoms with Gasteiger partial charge in [-0.15, -0.1) is 0 Å². The Bertz CT molecular complexity index is 1110. The summed E-state index contributed by atoms with van der Waals surface area (Å²) in [5, 5.41) is 3.48. The SMILES string of the molecule is COc1cc(C=CC(=O)Nc2ccc3c(c2)OCO3)ccc1OCc1ccc(Cl)cc1. The molecule has 31 heavy (non-hydrogen) atoms. The number of benzene rings is 3. The summed E-state index contributed by atoms with van der Waals surface area (Å²) in [7, 11) is 1.57. The zero-order valence-corrected chi connectivity index (χ0v) is 17.5. The number of rotatable bonds is 7. The third-order valence-corrected chi connectivity index (χ3v) is 4.81. The first-order valence-electron chi connectivity index (χ1n) is 9.55. The third-order valence-electron chi connectivity index (χ3n) is 4.56. The predicted octanol–water partition coefficient (Wildman–Crippen LogP) is 5.31. The van der Waals surface area contributed by atoms with Crippen LogP contribution in [0.5, 0.6) is 23.0 Å². The van der Waals surface area contributed by atoms with Gasteiger partial charge in [0.25, 0.3) is 0 Å². The van der Waals surface area contributed by atoms with Crippen LogP contribution in [-0.4, -0.2) is 19.8 Å². The Labute approximate surface area is 185 Å². The Morgan fingerprint density at radius 2 is 1.84 bits per heavy atom. The molecule has 0 unspecified atom stereocenters. The summed E-state index contributed by atoms with van der Waals surface area (Å²) in [6.07, 6.45) is 3.15. The lowest BCUT2D eigenvalue weighted by Gasteiger charge is -2.11. The molecule has 1 N–H and O–H groups in total. The minimum absolute atomic E-state index is 0.188. The van der Waals surface area contributed by atoms with Gasteiger partial charge in [0.05, 0.1) is 7.11 Å². The monoisotopic (exact) mass is 437 g/mol. The molecule has 0 aromatic heterocycles. The number of anilines is 1. The first-order valence-corrected chi connectivity index (χ1v) is 9.92. The molecule has 1 aliphatic rings. The van der Waals surface area contributed by atoms with Gasteiger partial charge in [-0.2, -0.15) is 0 Å². The first-order chi connectivity index (χ1) is 15.1. The fourth-order valence-corrected chi connectivity index (χ4v) is 3.10. The van der Waals surface area contributed by atoms with Crippen LogP contribution in [0.2, 0.25) is 5.02 Å². The largest absolute Gasteiger partial charge is 0.493 e. The number of fused-ring (bicyclic) bond motifs is 1. The van der Waals surface area contributed by atoms with Crippen LogP contribution in [0.3, 0.4) is 0 Å². The van der Waals surface area contributed by atoms with Gasteiger partial charge in [-0.3, -0.25) is 4.79 Å². The summed E-state index contributed by atoms with van der Waals surface area (Å²) < 4.78 is 21.9. The van der Waals surface area contributed by atoms with Crippen molar-refractivity contribution in [1.82, 2.24) is 0 Å². The zero-order valence-electron chi connectivity index (χ0n) is 16.8. The molecule has 0 aliphatic carbocycles. The number of halogens is 1. The summed E-state index contributed by atoms with van der Waals surface area (Å²) in [6, 6.07) is 18.2. The molecule has 3 aromatic carbocycles. The van der Waals surface area contributed by atoms with E-state index in [2.05, 4.69) is 5.32 Å². The minimum atomic E-state index is -0.263. The summed E-state index contributed by atoms with van der Waals surface area (Å²) in [4.78, 5) is 12.3. The fourth-order valence-electron chi connectivity index (χ4n) is 2.98. The molecule has 0 radical (unpaired) electrons. The summed E-state index contributed by atoms with van der Waals surface area (Å²) in [5.74, 6) is 2.20. The highest BCUT2D eigenvalue weighted by molar-refractivity contribution is 6.30. The molecule has 0 saturated carbocycles.